The minimum absolute atomic E-state index is 0. The Labute approximate surface area is 142 Å². The van der Waals surface area contributed by atoms with E-state index in [2.05, 4.69) is 0 Å². The van der Waals surface area contributed by atoms with E-state index in [4.69, 9.17) is 22.6 Å². The summed E-state index contributed by atoms with van der Waals surface area (Å²) >= 11 is 5.93. The van der Waals surface area contributed by atoms with Gasteiger partial charge in [0.15, 0.2) is 0 Å². The predicted molar refractivity (Wildman–Crippen MR) is 88.5 cm³/mol. The fraction of sp³-hybridized carbons (Fsp3) is 0.500. The smallest absolute Gasteiger partial charge is 0.243 e. The fourth-order valence-corrected chi connectivity index (χ4v) is 4.37. The van der Waals surface area contributed by atoms with Gasteiger partial charge in [-0.25, -0.2) is 8.42 Å². The van der Waals surface area contributed by atoms with Gasteiger partial charge < -0.3 is 5.73 Å². The molecule has 1 fully saturated rings. The summed E-state index contributed by atoms with van der Waals surface area (Å²) in [5, 5.41) is 9.00. The number of nitrogens with zero attached hydrogens (tertiary/aromatic N) is 2. The molecule has 0 amide bonds. The minimum Gasteiger partial charge on any atom is -0.328 e. The SMILES string of the molecule is CC(N)C1CCCN(S(=O)(=O)c2ccc(C#N)c(Cl)c2)C1.Cl. The molecule has 1 aromatic carbocycles. The average Bonchev–Trinajstić information content (AvgIpc) is 2.47. The van der Waals surface area contributed by atoms with Crippen LogP contribution >= 0.6 is 24.0 Å². The third-order valence-electron chi connectivity index (χ3n) is 3.86. The summed E-state index contributed by atoms with van der Waals surface area (Å²) in [5.74, 6) is 0.169. The Morgan fingerprint density at radius 1 is 1.50 bits per heavy atom. The third kappa shape index (κ3) is 3.92. The quantitative estimate of drug-likeness (QED) is 0.892. The van der Waals surface area contributed by atoms with Crippen LogP contribution in [0.25, 0.3) is 0 Å². The van der Waals surface area contributed by atoms with Crippen LogP contribution < -0.4 is 5.73 Å². The fourth-order valence-electron chi connectivity index (χ4n) is 2.52. The van der Waals surface area contributed by atoms with E-state index in [1.165, 1.54) is 22.5 Å². The van der Waals surface area contributed by atoms with Crippen LogP contribution in [0, 0.1) is 17.2 Å². The van der Waals surface area contributed by atoms with Gasteiger partial charge in [-0.2, -0.15) is 9.57 Å². The normalized spacial score (nSPS) is 20.7. The molecule has 0 bridgehead atoms. The molecule has 5 nitrogen and oxygen atoms in total. The number of nitriles is 1. The Balaban J connectivity index is 0.00000242. The molecule has 2 atom stereocenters. The number of benzene rings is 1. The van der Waals surface area contributed by atoms with Crippen molar-refractivity contribution in [2.75, 3.05) is 13.1 Å². The summed E-state index contributed by atoms with van der Waals surface area (Å²) < 4.78 is 26.8. The van der Waals surface area contributed by atoms with Crippen LogP contribution in [0.4, 0.5) is 0 Å². The van der Waals surface area contributed by atoms with Crippen LogP contribution in [-0.4, -0.2) is 31.9 Å². The summed E-state index contributed by atoms with van der Waals surface area (Å²) in [6.07, 6.45) is 1.74. The third-order valence-corrected chi connectivity index (χ3v) is 6.04. The molecule has 0 saturated carbocycles. The van der Waals surface area contributed by atoms with Crippen molar-refractivity contribution in [3.63, 3.8) is 0 Å². The summed E-state index contributed by atoms with van der Waals surface area (Å²) in [7, 11) is -3.59. The molecule has 8 heteroatoms. The molecule has 122 valence electrons. The first kappa shape index (κ1) is 19.2. The van der Waals surface area contributed by atoms with E-state index in [9.17, 15) is 8.42 Å². The molecular weight excluding hydrogens is 345 g/mol. The molecule has 2 rings (SSSR count). The first-order valence-corrected chi connectivity index (χ1v) is 8.63. The van der Waals surface area contributed by atoms with Crippen LogP contribution in [-0.2, 0) is 10.0 Å². The van der Waals surface area contributed by atoms with E-state index in [0.29, 0.717) is 13.1 Å². The maximum Gasteiger partial charge on any atom is 0.243 e. The second-order valence-corrected chi connectivity index (χ2v) is 7.72. The number of nitrogens with two attached hydrogens (primary N) is 1. The second kappa shape index (κ2) is 7.62. The molecule has 0 aliphatic carbocycles. The first-order valence-electron chi connectivity index (χ1n) is 6.81. The van der Waals surface area contributed by atoms with Gasteiger partial charge >= 0.3 is 0 Å². The largest absolute Gasteiger partial charge is 0.328 e. The van der Waals surface area contributed by atoms with Gasteiger partial charge in [0.05, 0.1) is 15.5 Å². The van der Waals surface area contributed by atoms with Crippen LogP contribution in [0.1, 0.15) is 25.3 Å². The topological polar surface area (TPSA) is 87.2 Å². The summed E-state index contributed by atoms with van der Waals surface area (Å²) in [5.41, 5.74) is 6.16. The molecule has 0 radical (unpaired) electrons. The highest BCUT2D eigenvalue weighted by Gasteiger charge is 2.31. The van der Waals surface area contributed by atoms with Gasteiger partial charge in [0.25, 0.3) is 0 Å². The number of hydrogen-bond donors (Lipinski definition) is 1. The van der Waals surface area contributed by atoms with E-state index in [0.717, 1.165) is 12.8 Å². The van der Waals surface area contributed by atoms with E-state index in [-0.39, 0.29) is 39.8 Å². The van der Waals surface area contributed by atoms with Gasteiger partial charge in [-0.15, -0.1) is 12.4 Å². The molecule has 1 aliphatic heterocycles. The Morgan fingerprint density at radius 2 is 2.18 bits per heavy atom. The van der Waals surface area contributed by atoms with Crippen LogP contribution in [0.3, 0.4) is 0 Å². The van der Waals surface area contributed by atoms with Crippen LogP contribution in [0.15, 0.2) is 23.1 Å². The van der Waals surface area contributed by atoms with Gasteiger partial charge in [-0.1, -0.05) is 11.6 Å². The van der Waals surface area contributed by atoms with E-state index >= 15 is 0 Å². The molecule has 0 aromatic heterocycles. The standard InChI is InChI=1S/C14H18ClN3O2S.ClH/c1-10(17)12-3-2-6-18(9-12)21(19,20)13-5-4-11(8-16)14(15)7-13;/h4-5,7,10,12H,2-3,6,9,17H2,1H3;1H. The molecular formula is C14H19Cl2N3O2S. The minimum atomic E-state index is -3.59. The molecule has 0 spiro atoms. The molecule has 2 N–H and O–H groups in total. The summed E-state index contributed by atoms with van der Waals surface area (Å²) in [6, 6.07) is 6.08. The molecule has 1 saturated heterocycles. The van der Waals surface area contributed by atoms with Gasteiger partial charge in [-0.3, -0.25) is 0 Å². The highest BCUT2D eigenvalue weighted by atomic mass is 35.5. The molecule has 1 heterocycles. The first-order chi connectivity index (χ1) is 9.86. The zero-order valence-electron chi connectivity index (χ0n) is 12.2. The lowest BCUT2D eigenvalue weighted by atomic mass is 9.93. The van der Waals surface area contributed by atoms with Crippen molar-refractivity contribution in [1.82, 2.24) is 4.31 Å². The Bertz CT molecular complexity index is 671. The Hall–Kier alpha value is -0.840. The Kier molecular flexibility index (Phi) is 6.65. The number of hydrogen-bond acceptors (Lipinski definition) is 4. The molecule has 1 aliphatic rings. The Morgan fingerprint density at radius 3 is 2.73 bits per heavy atom. The highest BCUT2D eigenvalue weighted by molar-refractivity contribution is 7.89. The number of halogens is 2. The van der Waals surface area contributed by atoms with Crippen molar-refractivity contribution < 1.29 is 8.42 Å². The molecule has 1 aromatic rings. The lowest BCUT2D eigenvalue weighted by molar-refractivity contribution is 0.243. The van der Waals surface area contributed by atoms with E-state index in [1.807, 2.05) is 13.0 Å². The molecule has 22 heavy (non-hydrogen) atoms. The second-order valence-electron chi connectivity index (χ2n) is 5.38. The molecule has 2 unspecified atom stereocenters. The maximum absolute atomic E-state index is 12.7. The number of sulfonamides is 1. The van der Waals surface area contributed by atoms with Crippen molar-refractivity contribution in [1.29, 1.82) is 5.26 Å². The van der Waals surface area contributed by atoms with Crippen molar-refractivity contribution in [3.8, 4) is 6.07 Å². The lowest BCUT2D eigenvalue weighted by Gasteiger charge is -2.33. The van der Waals surface area contributed by atoms with Crippen LogP contribution in [0.2, 0.25) is 5.02 Å². The van der Waals surface area contributed by atoms with Crippen molar-refractivity contribution in [2.24, 2.45) is 11.7 Å². The zero-order chi connectivity index (χ0) is 15.6. The monoisotopic (exact) mass is 363 g/mol. The van der Waals surface area contributed by atoms with Gasteiger partial charge in [0, 0.05) is 19.1 Å². The summed E-state index contributed by atoms with van der Waals surface area (Å²) in [6.45, 7) is 2.82. The van der Waals surface area contributed by atoms with Gasteiger partial charge in [0.1, 0.15) is 6.07 Å². The van der Waals surface area contributed by atoms with Crippen molar-refractivity contribution >= 4 is 34.0 Å². The number of piperidine rings is 1. The average molecular weight is 364 g/mol. The van der Waals surface area contributed by atoms with Crippen molar-refractivity contribution in [3.05, 3.63) is 28.8 Å². The van der Waals surface area contributed by atoms with Gasteiger partial charge in [0.2, 0.25) is 10.0 Å². The maximum atomic E-state index is 12.7. The number of rotatable bonds is 3. The van der Waals surface area contributed by atoms with E-state index < -0.39 is 10.0 Å². The highest BCUT2D eigenvalue weighted by Crippen LogP contribution is 2.27. The van der Waals surface area contributed by atoms with Crippen molar-refractivity contribution in [2.45, 2.75) is 30.7 Å². The van der Waals surface area contributed by atoms with E-state index in [1.54, 1.807) is 0 Å². The van der Waals surface area contributed by atoms with Gasteiger partial charge in [-0.05, 0) is 43.9 Å². The lowest BCUT2D eigenvalue weighted by Crippen LogP contribution is -2.44. The zero-order valence-corrected chi connectivity index (χ0v) is 14.6. The predicted octanol–water partition coefficient (Wildman–Crippen LogP) is 2.38. The van der Waals surface area contributed by atoms with Crippen LogP contribution in [0.5, 0.6) is 0 Å². The summed E-state index contributed by atoms with van der Waals surface area (Å²) in [4.78, 5) is 0.122.